The van der Waals surface area contributed by atoms with Crippen LogP contribution in [-0.2, 0) is 11.2 Å². The van der Waals surface area contributed by atoms with Gasteiger partial charge in [-0.2, -0.15) is 4.99 Å². The van der Waals surface area contributed by atoms with Crippen LogP contribution in [0.4, 0.5) is 0 Å². The monoisotopic (exact) mass is 249 g/mol. The first-order valence-corrected chi connectivity index (χ1v) is 6.44. The Morgan fingerprint density at radius 1 is 1.16 bits per heavy atom. The van der Waals surface area contributed by atoms with Gasteiger partial charge in [-0.1, -0.05) is 42.5 Å². The minimum absolute atomic E-state index is 0.524. The highest BCUT2D eigenvalue weighted by atomic mass is 16.1. The second kappa shape index (κ2) is 4.18. The van der Waals surface area contributed by atoms with Crippen molar-refractivity contribution in [2.24, 2.45) is 4.99 Å². The average Bonchev–Trinajstić information content (AvgIpc) is 2.39. The van der Waals surface area contributed by atoms with Crippen molar-refractivity contribution in [3.63, 3.8) is 0 Å². The lowest BCUT2D eigenvalue weighted by Gasteiger charge is -2.27. The maximum absolute atomic E-state index is 10.6. The molecule has 0 bridgehead atoms. The minimum atomic E-state index is -0.524. The molecule has 2 nitrogen and oxygen atoms in total. The summed E-state index contributed by atoms with van der Waals surface area (Å²) in [5.41, 5.74) is 3.11. The largest absolute Gasteiger partial charge is 0.235 e. The average molecular weight is 249 g/mol. The fraction of sp³-hybridized carbons (Fsp3) is 0.235. The van der Waals surface area contributed by atoms with Gasteiger partial charge in [-0.05, 0) is 47.7 Å². The van der Waals surface area contributed by atoms with Crippen molar-refractivity contribution in [1.82, 2.24) is 0 Å². The number of benzene rings is 2. The van der Waals surface area contributed by atoms with E-state index in [2.05, 4.69) is 47.5 Å². The molecule has 2 aromatic rings. The van der Waals surface area contributed by atoms with Crippen LogP contribution in [0.25, 0.3) is 16.3 Å². The van der Waals surface area contributed by atoms with Gasteiger partial charge in [0.15, 0.2) is 0 Å². The van der Waals surface area contributed by atoms with Gasteiger partial charge in [0.05, 0.1) is 5.54 Å². The Labute approximate surface area is 112 Å². The zero-order valence-electron chi connectivity index (χ0n) is 11.1. The first kappa shape index (κ1) is 11.9. The van der Waals surface area contributed by atoms with Gasteiger partial charge in [0, 0.05) is 0 Å². The standard InChI is InChI=1S/C17H15NO/c1-17(2,18-11-19)15-10-9-13-6-3-5-12-7-4-8-14(15)16(12)13/h3-8,10H,9H2,1-2H3. The van der Waals surface area contributed by atoms with Crippen molar-refractivity contribution in [3.8, 4) is 0 Å². The van der Waals surface area contributed by atoms with Crippen molar-refractivity contribution >= 4 is 22.4 Å². The Morgan fingerprint density at radius 2 is 1.89 bits per heavy atom. The molecule has 0 aromatic heterocycles. The molecule has 94 valence electrons. The highest BCUT2D eigenvalue weighted by molar-refractivity contribution is 5.99. The lowest BCUT2D eigenvalue weighted by atomic mass is 9.80. The van der Waals surface area contributed by atoms with Gasteiger partial charge in [0.25, 0.3) is 0 Å². The van der Waals surface area contributed by atoms with Crippen molar-refractivity contribution < 1.29 is 4.79 Å². The van der Waals surface area contributed by atoms with Gasteiger partial charge >= 0.3 is 0 Å². The molecule has 0 fully saturated rings. The molecule has 0 heterocycles. The summed E-state index contributed by atoms with van der Waals surface area (Å²) in [6.45, 7) is 3.91. The van der Waals surface area contributed by atoms with Crippen molar-refractivity contribution in [2.45, 2.75) is 25.8 Å². The fourth-order valence-electron chi connectivity index (χ4n) is 2.89. The predicted octanol–water partition coefficient (Wildman–Crippen LogP) is 3.89. The summed E-state index contributed by atoms with van der Waals surface area (Å²) in [7, 11) is 0. The minimum Gasteiger partial charge on any atom is -0.211 e. The Bertz CT molecular complexity index is 729. The molecule has 0 saturated heterocycles. The summed E-state index contributed by atoms with van der Waals surface area (Å²) in [5, 5.41) is 2.53. The first-order valence-electron chi connectivity index (χ1n) is 6.44. The number of aliphatic imine (C=N–C) groups is 1. The second-order valence-electron chi connectivity index (χ2n) is 5.40. The normalized spacial score (nSPS) is 13.9. The third kappa shape index (κ3) is 1.81. The van der Waals surface area contributed by atoms with Crippen molar-refractivity contribution in [1.29, 1.82) is 0 Å². The Balaban J connectivity index is 2.30. The molecule has 19 heavy (non-hydrogen) atoms. The van der Waals surface area contributed by atoms with Gasteiger partial charge < -0.3 is 0 Å². The summed E-state index contributed by atoms with van der Waals surface area (Å²) in [5.74, 6) is 0. The number of isocyanates is 1. The number of rotatable bonds is 2. The van der Waals surface area contributed by atoms with Crippen LogP contribution in [-0.4, -0.2) is 11.6 Å². The Kier molecular flexibility index (Phi) is 2.62. The van der Waals surface area contributed by atoms with Gasteiger partial charge in [0.1, 0.15) is 0 Å². The van der Waals surface area contributed by atoms with E-state index in [9.17, 15) is 4.79 Å². The highest BCUT2D eigenvalue weighted by Crippen LogP contribution is 2.39. The number of hydrogen-bond acceptors (Lipinski definition) is 2. The molecule has 0 amide bonds. The van der Waals surface area contributed by atoms with E-state index in [0.717, 1.165) is 12.0 Å². The molecule has 0 spiro atoms. The van der Waals surface area contributed by atoms with E-state index in [0.29, 0.717) is 0 Å². The smallest absolute Gasteiger partial charge is 0.211 e. The molecular formula is C17H15NO. The third-order valence-electron chi connectivity index (χ3n) is 3.79. The SMILES string of the molecule is CC(C)(N=C=O)C1=CCc2cccc3cccc1c23. The highest BCUT2D eigenvalue weighted by Gasteiger charge is 2.27. The van der Waals surface area contributed by atoms with Crippen LogP contribution in [0.5, 0.6) is 0 Å². The molecular weight excluding hydrogens is 234 g/mol. The van der Waals surface area contributed by atoms with Crippen LogP contribution < -0.4 is 0 Å². The van der Waals surface area contributed by atoms with Crippen LogP contribution in [0, 0.1) is 0 Å². The number of nitrogens with zero attached hydrogens (tertiary/aromatic N) is 1. The summed E-state index contributed by atoms with van der Waals surface area (Å²) < 4.78 is 0. The molecule has 0 radical (unpaired) electrons. The lowest BCUT2D eigenvalue weighted by molar-refractivity contribution is 0.553. The molecule has 0 aliphatic heterocycles. The van der Waals surface area contributed by atoms with E-state index in [1.165, 1.54) is 21.9 Å². The maximum atomic E-state index is 10.6. The van der Waals surface area contributed by atoms with E-state index < -0.39 is 5.54 Å². The van der Waals surface area contributed by atoms with Gasteiger partial charge in [-0.25, -0.2) is 4.79 Å². The zero-order chi connectivity index (χ0) is 13.5. The van der Waals surface area contributed by atoms with Crippen LogP contribution in [0.1, 0.15) is 25.0 Å². The van der Waals surface area contributed by atoms with Crippen molar-refractivity contribution in [2.75, 3.05) is 0 Å². The van der Waals surface area contributed by atoms with Gasteiger partial charge in [0.2, 0.25) is 6.08 Å². The molecule has 0 unspecified atom stereocenters. The summed E-state index contributed by atoms with van der Waals surface area (Å²) in [6, 6.07) is 12.7. The van der Waals surface area contributed by atoms with E-state index in [1.807, 2.05) is 13.8 Å². The molecule has 3 rings (SSSR count). The number of allylic oxidation sites excluding steroid dienone is 1. The van der Waals surface area contributed by atoms with E-state index in [-0.39, 0.29) is 0 Å². The molecule has 2 aromatic carbocycles. The van der Waals surface area contributed by atoms with Crippen LogP contribution in [0.15, 0.2) is 47.5 Å². The Morgan fingerprint density at radius 3 is 2.63 bits per heavy atom. The predicted molar refractivity (Wildman–Crippen MR) is 77.8 cm³/mol. The molecule has 0 atom stereocenters. The van der Waals surface area contributed by atoms with Crippen molar-refractivity contribution in [3.05, 3.63) is 53.6 Å². The van der Waals surface area contributed by atoms with Crippen LogP contribution >= 0.6 is 0 Å². The molecule has 0 saturated carbocycles. The van der Waals surface area contributed by atoms with Gasteiger partial charge in [-0.15, -0.1) is 0 Å². The van der Waals surface area contributed by atoms with Crippen LogP contribution in [0.2, 0.25) is 0 Å². The molecule has 0 N–H and O–H groups in total. The molecule has 2 heteroatoms. The number of carbonyl (C=O) groups excluding carboxylic acids is 1. The first-order chi connectivity index (χ1) is 9.13. The summed E-state index contributed by atoms with van der Waals surface area (Å²) in [4.78, 5) is 14.6. The maximum Gasteiger partial charge on any atom is 0.235 e. The molecule has 1 aliphatic rings. The summed E-state index contributed by atoms with van der Waals surface area (Å²) in [6.07, 6.45) is 4.76. The quantitative estimate of drug-likeness (QED) is 0.586. The van der Waals surface area contributed by atoms with E-state index >= 15 is 0 Å². The number of hydrogen-bond donors (Lipinski definition) is 0. The topological polar surface area (TPSA) is 29.4 Å². The zero-order valence-corrected chi connectivity index (χ0v) is 11.1. The van der Waals surface area contributed by atoms with Crippen LogP contribution in [0.3, 0.4) is 0 Å². The fourth-order valence-corrected chi connectivity index (χ4v) is 2.89. The van der Waals surface area contributed by atoms with Gasteiger partial charge in [-0.3, -0.25) is 0 Å². The second-order valence-corrected chi connectivity index (χ2v) is 5.40. The lowest BCUT2D eigenvalue weighted by Crippen LogP contribution is -2.20. The van der Waals surface area contributed by atoms with E-state index in [4.69, 9.17) is 0 Å². The van der Waals surface area contributed by atoms with E-state index in [1.54, 1.807) is 6.08 Å². The molecule has 1 aliphatic carbocycles. The Hall–Kier alpha value is -2.18. The third-order valence-corrected chi connectivity index (χ3v) is 3.79. The summed E-state index contributed by atoms with van der Waals surface area (Å²) >= 11 is 0.